The van der Waals surface area contributed by atoms with Gasteiger partial charge in [-0.05, 0) is 17.5 Å². The molecule has 21 heavy (non-hydrogen) atoms. The van der Waals surface area contributed by atoms with E-state index in [4.69, 9.17) is 0 Å². The molecule has 2 aromatic carbocycles. The minimum atomic E-state index is -0.371. The Hall–Kier alpha value is -2.62. The number of nitrogens with one attached hydrogen (secondary N) is 1. The Kier molecular flexibility index (Phi) is 5.52. The maximum absolute atomic E-state index is 12.0. The van der Waals surface area contributed by atoms with Crippen LogP contribution in [-0.4, -0.2) is 23.9 Å². The van der Waals surface area contributed by atoms with Gasteiger partial charge in [-0.2, -0.15) is 0 Å². The van der Waals surface area contributed by atoms with Gasteiger partial charge in [-0.15, -0.1) is 0 Å². The Morgan fingerprint density at radius 1 is 0.952 bits per heavy atom. The first-order chi connectivity index (χ1) is 10.3. The summed E-state index contributed by atoms with van der Waals surface area (Å²) >= 11 is 0. The van der Waals surface area contributed by atoms with Crippen molar-refractivity contribution in [2.45, 2.75) is 13.0 Å². The third-order valence-electron chi connectivity index (χ3n) is 3.16. The minimum Gasteiger partial charge on any atom is -0.334 e. The second-order valence-electron chi connectivity index (χ2n) is 4.68. The van der Waals surface area contributed by atoms with Crippen LogP contribution in [0.5, 0.6) is 0 Å². The van der Waals surface area contributed by atoms with Crippen LogP contribution in [0.15, 0.2) is 60.7 Å². The Balaban J connectivity index is 1.82. The van der Waals surface area contributed by atoms with Gasteiger partial charge in [-0.1, -0.05) is 60.7 Å². The molecule has 4 heteroatoms. The van der Waals surface area contributed by atoms with E-state index < -0.39 is 0 Å². The predicted molar refractivity (Wildman–Crippen MR) is 81.6 cm³/mol. The van der Waals surface area contributed by atoms with Gasteiger partial charge in [-0.3, -0.25) is 9.69 Å². The average molecular weight is 282 g/mol. The molecule has 0 radical (unpaired) electrons. The lowest BCUT2D eigenvalue weighted by Gasteiger charge is -2.16. The summed E-state index contributed by atoms with van der Waals surface area (Å²) in [5, 5.41) is 2.74. The zero-order valence-corrected chi connectivity index (χ0v) is 11.7. The molecule has 4 nitrogen and oxygen atoms in total. The highest BCUT2D eigenvalue weighted by Crippen LogP contribution is 2.02. The lowest BCUT2D eigenvalue weighted by molar-refractivity contribution is -0.115. The fourth-order valence-electron chi connectivity index (χ4n) is 1.97. The highest BCUT2D eigenvalue weighted by atomic mass is 16.2. The van der Waals surface area contributed by atoms with Crippen molar-refractivity contribution >= 4 is 12.4 Å². The van der Waals surface area contributed by atoms with Crippen LogP contribution in [-0.2, 0) is 17.8 Å². The zero-order valence-electron chi connectivity index (χ0n) is 11.7. The third kappa shape index (κ3) is 4.76. The number of carbonyl (C=O) groups is 2. The van der Waals surface area contributed by atoms with Crippen LogP contribution in [0, 0.1) is 0 Å². The number of hydrogen-bond donors (Lipinski definition) is 1. The molecule has 0 aliphatic rings. The van der Waals surface area contributed by atoms with E-state index in [0.29, 0.717) is 25.9 Å². The second kappa shape index (κ2) is 7.85. The molecule has 0 aliphatic carbocycles. The first-order valence-electron chi connectivity index (χ1n) is 6.87. The number of nitrogens with zero attached hydrogens (tertiary/aromatic N) is 1. The van der Waals surface area contributed by atoms with Gasteiger partial charge >= 0.3 is 6.03 Å². The first kappa shape index (κ1) is 14.8. The predicted octanol–water partition coefficient (Wildman–Crippen LogP) is 2.60. The normalized spacial score (nSPS) is 9.90. The van der Waals surface area contributed by atoms with Crippen molar-refractivity contribution in [3.05, 3.63) is 71.8 Å². The van der Waals surface area contributed by atoms with E-state index in [9.17, 15) is 9.59 Å². The molecule has 1 N–H and O–H groups in total. The fraction of sp³-hybridized carbons (Fsp3) is 0.176. The lowest BCUT2D eigenvalue weighted by atomic mass is 10.1. The molecule has 0 unspecified atom stereocenters. The standard InChI is InChI=1S/C17H18N2O2/c20-14-19(12-11-15-7-3-1-4-8-15)17(21)18-13-16-9-5-2-6-10-16/h1-10,14H,11-13H2,(H,18,21). The van der Waals surface area contributed by atoms with Gasteiger partial charge in [0.15, 0.2) is 0 Å². The summed E-state index contributed by atoms with van der Waals surface area (Å²) in [6.45, 7) is 0.781. The molecule has 0 aromatic heterocycles. The van der Waals surface area contributed by atoms with Crippen LogP contribution in [0.1, 0.15) is 11.1 Å². The molecular weight excluding hydrogens is 264 g/mol. The molecule has 0 fully saturated rings. The average Bonchev–Trinajstić information content (AvgIpc) is 2.55. The summed E-state index contributed by atoms with van der Waals surface area (Å²) in [5.74, 6) is 0. The molecule has 3 amide bonds. The Bertz CT molecular complexity index is 570. The van der Waals surface area contributed by atoms with Crippen molar-refractivity contribution < 1.29 is 9.59 Å². The maximum Gasteiger partial charge on any atom is 0.324 e. The van der Waals surface area contributed by atoms with Crippen LogP contribution in [0.4, 0.5) is 4.79 Å². The molecular formula is C17H18N2O2. The Morgan fingerprint density at radius 2 is 1.52 bits per heavy atom. The van der Waals surface area contributed by atoms with E-state index in [1.807, 2.05) is 60.7 Å². The van der Waals surface area contributed by atoms with Crippen molar-refractivity contribution in [1.82, 2.24) is 10.2 Å². The summed E-state index contributed by atoms with van der Waals surface area (Å²) in [6.07, 6.45) is 1.22. The van der Waals surface area contributed by atoms with Crippen LogP contribution in [0.2, 0.25) is 0 Å². The van der Waals surface area contributed by atoms with Gasteiger partial charge in [0.2, 0.25) is 6.41 Å². The number of urea groups is 1. The lowest BCUT2D eigenvalue weighted by Crippen LogP contribution is -2.39. The molecule has 0 spiro atoms. The molecule has 0 saturated heterocycles. The summed E-state index contributed by atoms with van der Waals surface area (Å²) < 4.78 is 0. The summed E-state index contributed by atoms with van der Waals surface area (Å²) in [7, 11) is 0. The summed E-state index contributed by atoms with van der Waals surface area (Å²) in [6, 6.07) is 19.0. The van der Waals surface area contributed by atoms with Gasteiger partial charge in [0, 0.05) is 13.1 Å². The van der Waals surface area contributed by atoms with Crippen molar-refractivity contribution in [3.8, 4) is 0 Å². The van der Waals surface area contributed by atoms with Gasteiger partial charge in [0.25, 0.3) is 0 Å². The number of imide groups is 1. The third-order valence-corrected chi connectivity index (χ3v) is 3.16. The second-order valence-corrected chi connectivity index (χ2v) is 4.68. The molecule has 108 valence electrons. The van der Waals surface area contributed by atoms with Crippen molar-refractivity contribution in [1.29, 1.82) is 0 Å². The highest BCUT2D eigenvalue weighted by molar-refractivity contribution is 5.84. The fourth-order valence-corrected chi connectivity index (χ4v) is 1.97. The number of hydrogen-bond acceptors (Lipinski definition) is 2. The van der Waals surface area contributed by atoms with E-state index in [2.05, 4.69) is 5.32 Å². The van der Waals surface area contributed by atoms with Crippen molar-refractivity contribution in [2.24, 2.45) is 0 Å². The van der Waals surface area contributed by atoms with Crippen molar-refractivity contribution in [3.63, 3.8) is 0 Å². The molecule has 0 saturated carbocycles. The monoisotopic (exact) mass is 282 g/mol. The number of benzene rings is 2. The number of amides is 3. The topological polar surface area (TPSA) is 49.4 Å². The maximum atomic E-state index is 12.0. The van der Waals surface area contributed by atoms with E-state index in [1.165, 1.54) is 0 Å². The molecule has 0 heterocycles. The summed E-state index contributed by atoms with van der Waals surface area (Å²) in [4.78, 5) is 24.2. The van der Waals surface area contributed by atoms with E-state index in [1.54, 1.807) is 0 Å². The molecule has 2 aromatic rings. The summed E-state index contributed by atoms with van der Waals surface area (Å²) in [5.41, 5.74) is 2.10. The van der Waals surface area contributed by atoms with Gasteiger partial charge < -0.3 is 5.32 Å². The van der Waals surface area contributed by atoms with Crippen molar-refractivity contribution in [2.75, 3.05) is 6.54 Å². The SMILES string of the molecule is O=CN(CCc1ccccc1)C(=O)NCc1ccccc1. The Labute approximate surface area is 124 Å². The van der Waals surface area contributed by atoms with Crippen LogP contribution in [0.25, 0.3) is 0 Å². The van der Waals surface area contributed by atoms with E-state index >= 15 is 0 Å². The quantitative estimate of drug-likeness (QED) is 0.828. The van der Waals surface area contributed by atoms with Crippen LogP contribution < -0.4 is 5.32 Å². The minimum absolute atomic E-state index is 0.369. The van der Waals surface area contributed by atoms with E-state index in [0.717, 1.165) is 16.0 Å². The zero-order chi connectivity index (χ0) is 14.9. The molecule has 0 atom stereocenters. The largest absolute Gasteiger partial charge is 0.334 e. The van der Waals surface area contributed by atoms with Gasteiger partial charge in [0.1, 0.15) is 0 Å². The number of rotatable bonds is 6. The van der Waals surface area contributed by atoms with Gasteiger partial charge in [-0.25, -0.2) is 4.79 Å². The van der Waals surface area contributed by atoms with Crippen LogP contribution >= 0.6 is 0 Å². The highest BCUT2D eigenvalue weighted by Gasteiger charge is 2.11. The smallest absolute Gasteiger partial charge is 0.324 e. The molecule has 2 rings (SSSR count). The molecule has 0 aliphatic heterocycles. The van der Waals surface area contributed by atoms with Gasteiger partial charge in [0.05, 0.1) is 0 Å². The Morgan fingerprint density at radius 3 is 2.10 bits per heavy atom. The van der Waals surface area contributed by atoms with E-state index in [-0.39, 0.29) is 6.03 Å². The van der Waals surface area contributed by atoms with Crippen LogP contribution in [0.3, 0.4) is 0 Å². The number of carbonyl (C=O) groups excluding carboxylic acids is 2. The molecule has 0 bridgehead atoms. The first-order valence-corrected chi connectivity index (χ1v) is 6.87.